The summed E-state index contributed by atoms with van der Waals surface area (Å²) in [6, 6.07) is 4.27. The second-order valence-electron chi connectivity index (χ2n) is 6.11. The number of nitrogens with zero attached hydrogens (tertiary/aromatic N) is 2. The van der Waals surface area contributed by atoms with Crippen molar-refractivity contribution in [1.82, 2.24) is 15.5 Å². The number of benzene rings is 1. The Kier molecular flexibility index (Phi) is 4.78. The average Bonchev–Trinajstić information content (AvgIpc) is 3.16. The van der Waals surface area contributed by atoms with Gasteiger partial charge in [-0.2, -0.15) is 0 Å². The van der Waals surface area contributed by atoms with Crippen LogP contribution in [0.15, 0.2) is 22.6 Å². The van der Waals surface area contributed by atoms with Gasteiger partial charge in [-0.3, -0.25) is 4.79 Å². The van der Waals surface area contributed by atoms with E-state index in [2.05, 4.69) is 15.5 Å². The van der Waals surface area contributed by atoms with Gasteiger partial charge in [-0.25, -0.2) is 4.39 Å². The minimum absolute atomic E-state index is 0.0341. The molecular weight excluding hydrogens is 313 g/mol. The van der Waals surface area contributed by atoms with Crippen molar-refractivity contribution >= 4 is 5.91 Å². The molecule has 1 heterocycles. The van der Waals surface area contributed by atoms with Crippen molar-refractivity contribution in [3.63, 3.8) is 0 Å². The lowest BCUT2D eigenvalue weighted by Gasteiger charge is -2.13. The van der Waals surface area contributed by atoms with E-state index in [0.29, 0.717) is 29.9 Å². The molecule has 1 N–H and O–H groups in total. The van der Waals surface area contributed by atoms with Crippen LogP contribution in [0.5, 0.6) is 5.75 Å². The molecule has 2 aromatic rings. The van der Waals surface area contributed by atoms with E-state index in [1.165, 1.54) is 19.2 Å². The van der Waals surface area contributed by atoms with Gasteiger partial charge in [0.05, 0.1) is 12.7 Å². The zero-order valence-electron chi connectivity index (χ0n) is 13.7. The number of hydrogen-bond acceptors (Lipinski definition) is 5. The standard InChI is InChI=1S/C17H20FN3O3/c1-10-20-21-16(24-10)8-11-3-4-12(7-11)19-17(22)14-6-5-13(23-2)9-15(14)18/h5-6,9,11-12H,3-4,7-8H2,1-2H3,(H,19,22)/t11-,12+/m1/s1. The largest absolute Gasteiger partial charge is 0.497 e. The van der Waals surface area contributed by atoms with Crippen LogP contribution in [-0.4, -0.2) is 29.3 Å². The maximum atomic E-state index is 14.0. The highest BCUT2D eigenvalue weighted by atomic mass is 19.1. The highest BCUT2D eigenvalue weighted by Gasteiger charge is 2.28. The predicted octanol–water partition coefficient (Wildman–Crippen LogP) is 2.67. The van der Waals surface area contributed by atoms with Crippen molar-refractivity contribution < 1.29 is 18.3 Å². The van der Waals surface area contributed by atoms with Crippen molar-refractivity contribution in [3.05, 3.63) is 41.4 Å². The summed E-state index contributed by atoms with van der Waals surface area (Å²) in [6.07, 6.45) is 3.37. The fourth-order valence-corrected chi connectivity index (χ4v) is 3.13. The molecule has 1 aromatic carbocycles. The molecule has 1 aliphatic rings. The maximum Gasteiger partial charge on any atom is 0.254 e. The van der Waals surface area contributed by atoms with Gasteiger partial charge in [0, 0.05) is 25.5 Å². The Bertz CT molecular complexity index is 732. The average molecular weight is 333 g/mol. The Balaban J connectivity index is 1.56. The molecule has 1 amide bonds. The summed E-state index contributed by atoms with van der Waals surface area (Å²) in [5, 5.41) is 10.7. The third-order valence-electron chi connectivity index (χ3n) is 4.33. The third-order valence-corrected chi connectivity index (χ3v) is 4.33. The van der Waals surface area contributed by atoms with E-state index >= 15 is 0 Å². The molecule has 0 unspecified atom stereocenters. The Labute approximate surface area is 139 Å². The van der Waals surface area contributed by atoms with Crippen LogP contribution < -0.4 is 10.1 Å². The number of rotatable bonds is 5. The number of carbonyl (C=O) groups is 1. The molecule has 24 heavy (non-hydrogen) atoms. The van der Waals surface area contributed by atoms with Gasteiger partial charge in [0.1, 0.15) is 11.6 Å². The van der Waals surface area contributed by atoms with E-state index in [1.54, 1.807) is 13.0 Å². The fourth-order valence-electron chi connectivity index (χ4n) is 3.13. The Morgan fingerprint density at radius 3 is 2.92 bits per heavy atom. The zero-order valence-corrected chi connectivity index (χ0v) is 13.7. The normalized spacial score (nSPS) is 20.1. The van der Waals surface area contributed by atoms with E-state index in [9.17, 15) is 9.18 Å². The number of aryl methyl sites for hydroxylation is 1. The first-order valence-corrected chi connectivity index (χ1v) is 7.98. The van der Waals surface area contributed by atoms with Crippen LogP contribution in [0, 0.1) is 18.7 Å². The predicted molar refractivity (Wildman–Crippen MR) is 84.3 cm³/mol. The SMILES string of the molecule is COc1ccc(C(=O)N[C@H]2CC[C@@H](Cc3nnc(C)o3)C2)c(F)c1. The summed E-state index contributed by atoms with van der Waals surface area (Å²) in [6.45, 7) is 1.76. The van der Waals surface area contributed by atoms with Crippen molar-refractivity contribution in [1.29, 1.82) is 0 Å². The highest BCUT2D eigenvalue weighted by Crippen LogP contribution is 2.29. The number of hydrogen-bond donors (Lipinski definition) is 1. The van der Waals surface area contributed by atoms with Crippen molar-refractivity contribution in [3.8, 4) is 5.75 Å². The van der Waals surface area contributed by atoms with Gasteiger partial charge in [-0.15, -0.1) is 10.2 Å². The van der Waals surface area contributed by atoms with E-state index in [-0.39, 0.29) is 11.6 Å². The molecule has 1 aliphatic carbocycles. The van der Waals surface area contributed by atoms with Crippen molar-refractivity contribution in [2.24, 2.45) is 5.92 Å². The molecule has 0 aliphatic heterocycles. The molecule has 3 rings (SSSR count). The minimum Gasteiger partial charge on any atom is -0.497 e. The summed E-state index contributed by atoms with van der Waals surface area (Å²) in [5.41, 5.74) is 0.0341. The van der Waals surface area contributed by atoms with Crippen molar-refractivity contribution in [2.75, 3.05) is 7.11 Å². The molecular formula is C17H20FN3O3. The lowest BCUT2D eigenvalue weighted by molar-refractivity contribution is 0.0933. The van der Waals surface area contributed by atoms with Crippen LogP contribution in [0.4, 0.5) is 4.39 Å². The van der Waals surface area contributed by atoms with Crippen molar-refractivity contribution in [2.45, 2.75) is 38.6 Å². The number of ether oxygens (including phenoxy) is 1. The topological polar surface area (TPSA) is 77.2 Å². The molecule has 1 saturated carbocycles. The highest BCUT2D eigenvalue weighted by molar-refractivity contribution is 5.94. The monoisotopic (exact) mass is 333 g/mol. The summed E-state index contributed by atoms with van der Waals surface area (Å²) >= 11 is 0. The second-order valence-corrected chi connectivity index (χ2v) is 6.11. The minimum atomic E-state index is -0.581. The first kappa shape index (κ1) is 16.4. The fraction of sp³-hybridized carbons (Fsp3) is 0.471. The van der Waals surface area contributed by atoms with E-state index in [1.807, 2.05) is 0 Å². The van der Waals surface area contributed by atoms with Gasteiger partial charge in [-0.1, -0.05) is 0 Å². The van der Waals surface area contributed by atoms with Crippen LogP contribution in [0.1, 0.15) is 41.4 Å². The van der Waals surface area contributed by atoms with Gasteiger partial charge in [0.2, 0.25) is 11.8 Å². The summed E-state index contributed by atoms with van der Waals surface area (Å²) in [5.74, 6) is 0.987. The Morgan fingerprint density at radius 1 is 1.42 bits per heavy atom. The smallest absolute Gasteiger partial charge is 0.254 e. The zero-order chi connectivity index (χ0) is 17.1. The first-order chi connectivity index (χ1) is 11.5. The van der Waals surface area contributed by atoms with Gasteiger partial charge >= 0.3 is 0 Å². The Hall–Kier alpha value is -2.44. The molecule has 0 bridgehead atoms. The van der Waals surface area contributed by atoms with Crippen LogP contribution in [0.25, 0.3) is 0 Å². The Morgan fingerprint density at radius 2 is 2.25 bits per heavy atom. The molecule has 0 radical (unpaired) electrons. The number of carbonyl (C=O) groups excluding carboxylic acids is 1. The van der Waals surface area contributed by atoms with Crippen LogP contribution in [-0.2, 0) is 6.42 Å². The molecule has 1 fully saturated rings. The molecule has 128 valence electrons. The van der Waals surface area contributed by atoms with Crippen LogP contribution in [0.2, 0.25) is 0 Å². The molecule has 7 heteroatoms. The second kappa shape index (κ2) is 6.98. The third kappa shape index (κ3) is 3.72. The number of amides is 1. The molecule has 0 spiro atoms. The molecule has 0 saturated heterocycles. The summed E-state index contributed by atoms with van der Waals surface area (Å²) < 4.78 is 24.3. The number of nitrogens with one attached hydrogen (secondary N) is 1. The van der Waals surface area contributed by atoms with E-state index in [0.717, 1.165) is 19.3 Å². The van der Waals surface area contributed by atoms with Gasteiger partial charge in [-0.05, 0) is 37.3 Å². The van der Waals surface area contributed by atoms with Crippen LogP contribution >= 0.6 is 0 Å². The molecule has 1 aromatic heterocycles. The lowest BCUT2D eigenvalue weighted by atomic mass is 10.0. The number of methoxy groups -OCH3 is 1. The number of halogens is 1. The molecule has 2 atom stereocenters. The van der Waals surface area contributed by atoms with E-state index < -0.39 is 11.7 Å². The lowest BCUT2D eigenvalue weighted by Crippen LogP contribution is -2.33. The van der Waals surface area contributed by atoms with Gasteiger partial charge in [0.25, 0.3) is 5.91 Å². The number of aromatic nitrogens is 2. The summed E-state index contributed by atoms with van der Waals surface area (Å²) in [4.78, 5) is 12.3. The molecule has 6 nitrogen and oxygen atoms in total. The van der Waals surface area contributed by atoms with Gasteiger partial charge < -0.3 is 14.5 Å². The quantitative estimate of drug-likeness (QED) is 0.910. The van der Waals surface area contributed by atoms with Gasteiger partial charge in [0.15, 0.2) is 0 Å². The van der Waals surface area contributed by atoms with Crippen LogP contribution in [0.3, 0.4) is 0 Å². The maximum absolute atomic E-state index is 14.0. The first-order valence-electron chi connectivity index (χ1n) is 7.98. The van der Waals surface area contributed by atoms with E-state index in [4.69, 9.17) is 9.15 Å². The summed E-state index contributed by atoms with van der Waals surface area (Å²) in [7, 11) is 1.46.